The highest BCUT2D eigenvalue weighted by atomic mass is 35.5. The average molecular weight is 302 g/mol. The lowest BCUT2D eigenvalue weighted by Gasteiger charge is -2.17. The third-order valence-corrected chi connectivity index (χ3v) is 4.11. The molecular weight excluding hydrogens is 282 g/mol. The van der Waals surface area contributed by atoms with E-state index in [0.717, 1.165) is 30.2 Å². The van der Waals surface area contributed by atoms with Gasteiger partial charge < -0.3 is 10.1 Å². The molecule has 2 nitrogen and oxygen atoms in total. The third kappa shape index (κ3) is 3.78. The first-order valence-electron chi connectivity index (χ1n) is 7.43. The van der Waals surface area contributed by atoms with Crippen molar-refractivity contribution in [3.8, 4) is 5.75 Å². The van der Waals surface area contributed by atoms with Gasteiger partial charge in [0.2, 0.25) is 0 Å². The molecule has 2 aromatic carbocycles. The molecule has 0 aliphatic carbocycles. The molecule has 0 radical (unpaired) electrons. The van der Waals surface area contributed by atoms with Crippen molar-refractivity contribution < 1.29 is 4.74 Å². The fraction of sp³-hybridized carbons (Fsp3) is 0.333. The highest BCUT2D eigenvalue weighted by Crippen LogP contribution is 2.27. The van der Waals surface area contributed by atoms with Crippen LogP contribution in [0.3, 0.4) is 0 Å². The topological polar surface area (TPSA) is 21.3 Å². The van der Waals surface area contributed by atoms with E-state index in [1.165, 1.54) is 11.1 Å². The number of hydrogen-bond donors (Lipinski definition) is 1. The minimum absolute atomic E-state index is 0.245. The van der Waals surface area contributed by atoms with Crippen molar-refractivity contribution in [1.29, 1.82) is 0 Å². The molecule has 0 spiro atoms. The molecule has 3 heteroatoms. The van der Waals surface area contributed by atoms with Crippen LogP contribution in [0.25, 0.3) is 0 Å². The van der Waals surface area contributed by atoms with E-state index in [9.17, 15) is 0 Å². The van der Waals surface area contributed by atoms with Crippen LogP contribution in [-0.4, -0.2) is 18.7 Å². The minimum atomic E-state index is 0.245. The number of halogens is 1. The predicted octanol–water partition coefficient (Wildman–Crippen LogP) is 3.86. The molecule has 110 valence electrons. The lowest BCUT2D eigenvalue weighted by Crippen LogP contribution is -2.36. The third-order valence-electron chi connectivity index (χ3n) is 3.86. The van der Waals surface area contributed by atoms with Crippen LogP contribution in [0.1, 0.15) is 18.1 Å². The largest absolute Gasteiger partial charge is 0.488 e. The Morgan fingerprint density at radius 1 is 1.19 bits per heavy atom. The Bertz CT molecular complexity index is 571. The highest BCUT2D eigenvalue weighted by Gasteiger charge is 2.22. The summed E-state index contributed by atoms with van der Waals surface area (Å²) in [6.45, 7) is 3.08. The summed E-state index contributed by atoms with van der Waals surface area (Å²) in [5.74, 6) is 1.04. The number of rotatable bonds is 5. The number of nitrogens with one attached hydrogen (secondary N) is 1. The van der Waals surface area contributed by atoms with E-state index in [2.05, 4.69) is 36.5 Å². The Balaban J connectivity index is 1.47. The molecule has 2 aromatic rings. The van der Waals surface area contributed by atoms with Crippen molar-refractivity contribution in [3.05, 3.63) is 64.7 Å². The van der Waals surface area contributed by atoms with Crippen molar-refractivity contribution in [2.45, 2.75) is 31.9 Å². The number of fused-ring (bicyclic) bond motifs is 1. The Morgan fingerprint density at radius 2 is 1.95 bits per heavy atom. The molecule has 0 aromatic heterocycles. The molecule has 21 heavy (non-hydrogen) atoms. The Kier molecular flexibility index (Phi) is 4.47. The summed E-state index contributed by atoms with van der Waals surface area (Å²) in [6.07, 6.45) is 2.24. The van der Waals surface area contributed by atoms with Crippen LogP contribution in [0.2, 0.25) is 5.02 Å². The van der Waals surface area contributed by atoms with Crippen LogP contribution in [-0.2, 0) is 12.8 Å². The number of hydrogen-bond acceptors (Lipinski definition) is 2. The number of ether oxygens (including phenoxy) is 1. The van der Waals surface area contributed by atoms with Crippen LogP contribution in [0.5, 0.6) is 5.75 Å². The van der Waals surface area contributed by atoms with Gasteiger partial charge in [-0.25, -0.2) is 0 Å². The fourth-order valence-corrected chi connectivity index (χ4v) is 2.87. The van der Waals surface area contributed by atoms with Crippen LogP contribution in [0, 0.1) is 0 Å². The molecule has 1 N–H and O–H groups in total. The highest BCUT2D eigenvalue weighted by molar-refractivity contribution is 6.30. The van der Waals surface area contributed by atoms with Crippen LogP contribution < -0.4 is 10.1 Å². The summed E-state index contributed by atoms with van der Waals surface area (Å²) in [7, 11) is 0. The molecule has 2 unspecified atom stereocenters. The smallest absolute Gasteiger partial charge is 0.123 e. The standard InChI is InChI=1S/C18H20ClNO/c1-13(10-14-6-8-16(19)9-7-14)20-12-17-11-15-4-2-3-5-18(15)21-17/h2-9,13,17,20H,10-12H2,1H3. The van der Waals surface area contributed by atoms with Crippen molar-refractivity contribution >= 4 is 11.6 Å². The van der Waals surface area contributed by atoms with Gasteiger partial charge in [0.25, 0.3) is 0 Å². The number of benzene rings is 2. The maximum absolute atomic E-state index is 5.94. The van der Waals surface area contributed by atoms with Gasteiger partial charge in [-0.1, -0.05) is 41.9 Å². The summed E-state index contributed by atoms with van der Waals surface area (Å²) < 4.78 is 5.94. The average Bonchev–Trinajstić information content (AvgIpc) is 2.90. The van der Waals surface area contributed by atoms with Gasteiger partial charge in [-0.3, -0.25) is 0 Å². The van der Waals surface area contributed by atoms with Gasteiger partial charge in [0.15, 0.2) is 0 Å². The second kappa shape index (κ2) is 6.50. The zero-order valence-corrected chi connectivity index (χ0v) is 12.9. The molecule has 1 heterocycles. The normalized spacial score (nSPS) is 18.1. The van der Waals surface area contributed by atoms with Crippen molar-refractivity contribution in [3.63, 3.8) is 0 Å². The lowest BCUT2D eigenvalue weighted by molar-refractivity contribution is 0.222. The molecule has 0 bridgehead atoms. The Labute approximate surface area is 131 Å². The molecule has 3 rings (SSSR count). The summed E-state index contributed by atoms with van der Waals surface area (Å²) >= 11 is 5.91. The van der Waals surface area contributed by atoms with E-state index >= 15 is 0 Å². The Hall–Kier alpha value is -1.51. The van der Waals surface area contributed by atoms with Gasteiger partial charge in [0.1, 0.15) is 11.9 Å². The monoisotopic (exact) mass is 301 g/mol. The van der Waals surface area contributed by atoms with Gasteiger partial charge in [-0.15, -0.1) is 0 Å². The first kappa shape index (κ1) is 14.4. The molecule has 0 fully saturated rings. The maximum Gasteiger partial charge on any atom is 0.123 e. The van der Waals surface area contributed by atoms with Crippen molar-refractivity contribution in [2.24, 2.45) is 0 Å². The van der Waals surface area contributed by atoms with E-state index in [1.807, 2.05) is 24.3 Å². The van der Waals surface area contributed by atoms with Crippen molar-refractivity contribution in [1.82, 2.24) is 5.32 Å². The van der Waals surface area contributed by atoms with Gasteiger partial charge in [0.05, 0.1) is 0 Å². The fourth-order valence-electron chi connectivity index (χ4n) is 2.75. The summed E-state index contributed by atoms with van der Waals surface area (Å²) in [5.41, 5.74) is 2.62. The van der Waals surface area contributed by atoms with Crippen LogP contribution >= 0.6 is 11.6 Å². The molecule has 2 atom stereocenters. The zero-order valence-electron chi connectivity index (χ0n) is 12.2. The van der Waals surface area contributed by atoms with E-state index in [4.69, 9.17) is 16.3 Å². The van der Waals surface area contributed by atoms with Gasteiger partial charge >= 0.3 is 0 Å². The predicted molar refractivity (Wildman–Crippen MR) is 87.2 cm³/mol. The molecule has 0 saturated carbocycles. The summed E-state index contributed by atoms with van der Waals surface area (Å²) in [4.78, 5) is 0. The zero-order chi connectivity index (χ0) is 14.7. The summed E-state index contributed by atoms with van der Waals surface area (Å²) in [6, 6.07) is 16.8. The molecule has 0 amide bonds. The van der Waals surface area contributed by atoms with Crippen LogP contribution in [0.15, 0.2) is 48.5 Å². The quantitative estimate of drug-likeness (QED) is 0.905. The number of para-hydroxylation sites is 1. The lowest BCUT2D eigenvalue weighted by atomic mass is 10.1. The van der Waals surface area contributed by atoms with Gasteiger partial charge in [-0.2, -0.15) is 0 Å². The van der Waals surface area contributed by atoms with Gasteiger partial charge in [-0.05, 0) is 42.7 Å². The first-order chi connectivity index (χ1) is 10.2. The Morgan fingerprint density at radius 3 is 2.71 bits per heavy atom. The molecule has 0 saturated heterocycles. The van der Waals surface area contributed by atoms with E-state index in [0.29, 0.717) is 6.04 Å². The van der Waals surface area contributed by atoms with Crippen LogP contribution in [0.4, 0.5) is 0 Å². The van der Waals surface area contributed by atoms with Crippen molar-refractivity contribution in [2.75, 3.05) is 6.54 Å². The van der Waals surface area contributed by atoms with Gasteiger partial charge in [0, 0.05) is 24.0 Å². The maximum atomic E-state index is 5.94. The second-order valence-electron chi connectivity index (χ2n) is 5.69. The molecular formula is C18H20ClNO. The van der Waals surface area contributed by atoms with E-state index in [-0.39, 0.29) is 6.10 Å². The minimum Gasteiger partial charge on any atom is -0.488 e. The van der Waals surface area contributed by atoms with E-state index in [1.54, 1.807) is 0 Å². The van der Waals surface area contributed by atoms with E-state index < -0.39 is 0 Å². The summed E-state index contributed by atoms with van der Waals surface area (Å²) in [5, 5.41) is 4.35. The second-order valence-corrected chi connectivity index (χ2v) is 6.13. The molecule has 1 aliphatic rings. The first-order valence-corrected chi connectivity index (χ1v) is 7.81. The molecule has 1 aliphatic heterocycles. The SMILES string of the molecule is CC(Cc1ccc(Cl)cc1)NCC1Cc2ccccc2O1.